The van der Waals surface area contributed by atoms with Crippen molar-refractivity contribution in [1.82, 2.24) is 0 Å². The minimum atomic E-state index is -0.682. The van der Waals surface area contributed by atoms with Gasteiger partial charge in [-0.15, -0.1) is 0 Å². The first kappa shape index (κ1) is 22.3. The molecule has 3 rings (SSSR count). The molecule has 0 N–H and O–H groups in total. The Hall–Kier alpha value is 0.283. The summed E-state index contributed by atoms with van der Waals surface area (Å²) in [4.78, 5) is 0. The minimum Gasteiger partial charge on any atom is -1.00 e. The largest absolute Gasteiger partial charge is 1.00 e. The number of rotatable bonds is 2. The normalized spacial score (nSPS) is 20.5. The first-order valence-electron chi connectivity index (χ1n) is 8.19. The fourth-order valence-corrected chi connectivity index (χ4v) is 8.81. The maximum Gasteiger partial charge on any atom is -1.00 e. The van der Waals surface area contributed by atoms with Gasteiger partial charge in [0.1, 0.15) is 0 Å². The van der Waals surface area contributed by atoms with Crippen molar-refractivity contribution in [3.8, 4) is 0 Å². The van der Waals surface area contributed by atoms with Crippen molar-refractivity contribution in [3.05, 3.63) is 60.5 Å². The molecule has 3 heteroatoms. The quantitative estimate of drug-likeness (QED) is 0.511. The Balaban J connectivity index is 0.00000144. The molecular weight excluding hydrogens is 503 g/mol. The van der Waals surface area contributed by atoms with Gasteiger partial charge >= 0.3 is 147 Å². The van der Waals surface area contributed by atoms with Gasteiger partial charge in [0, 0.05) is 0 Å². The Morgan fingerprint density at radius 2 is 1.46 bits per heavy atom. The molecule has 1 aromatic rings. The van der Waals surface area contributed by atoms with Crippen molar-refractivity contribution < 1.29 is 57.2 Å². The third-order valence-corrected chi connectivity index (χ3v) is 11.0. The number of aryl methyl sites for hydroxylation is 2. The summed E-state index contributed by atoms with van der Waals surface area (Å²) in [6.07, 6.45) is 4.88. The van der Waals surface area contributed by atoms with E-state index in [1.54, 1.807) is 25.6 Å². The van der Waals surface area contributed by atoms with Gasteiger partial charge in [-0.3, -0.25) is 0 Å². The van der Waals surface area contributed by atoms with E-state index in [1.165, 1.54) is 16.7 Å². The van der Waals surface area contributed by atoms with Crippen LogP contribution < -0.4 is 34.0 Å². The Bertz CT molecular complexity index is 751. The number of halogens is 2. The monoisotopic (exact) mass is 526 g/mol. The fourth-order valence-electron chi connectivity index (χ4n) is 3.94. The SMILES string of the molecule is CC1=C(C)C(C)(C)[C]([Zr+2][CH]2C=Cc3c(C)ccc(C)c32)=C1C.[Br-].[Br-]. The maximum atomic E-state index is 2.50. The molecular formula is C21H26Br2Zr. The molecule has 0 bridgehead atoms. The van der Waals surface area contributed by atoms with Crippen molar-refractivity contribution in [2.24, 2.45) is 5.41 Å². The average molecular weight is 529 g/mol. The van der Waals surface area contributed by atoms with Crippen molar-refractivity contribution in [2.45, 2.75) is 52.1 Å². The summed E-state index contributed by atoms with van der Waals surface area (Å²) in [6.45, 7) is 16.4. The van der Waals surface area contributed by atoms with E-state index in [0.717, 1.165) is 0 Å². The molecule has 128 valence electrons. The Morgan fingerprint density at radius 1 is 0.875 bits per heavy atom. The van der Waals surface area contributed by atoms with Gasteiger partial charge in [0.05, 0.1) is 0 Å². The van der Waals surface area contributed by atoms with Crippen molar-refractivity contribution >= 4 is 6.08 Å². The van der Waals surface area contributed by atoms with Crippen LogP contribution in [0.4, 0.5) is 0 Å². The molecule has 0 nitrogen and oxygen atoms in total. The molecule has 0 amide bonds. The molecule has 24 heavy (non-hydrogen) atoms. The molecule has 0 spiro atoms. The van der Waals surface area contributed by atoms with Crippen molar-refractivity contribution in [2.75, 3.05) is 0 Å². The van der Waals surface area contributed by atoms with E-state index in [0.29, 0.717) is 3.63 Å². The predicted molar refractivity (Wildman–Crippen MR) is 92.5 cm³/mol. The third-order valence-electron chi connectivity index (χ3n) is 5.85. The number of fused-ring (bicyclic) bond motifs is 1. The van der Waals surface area contributed by atoms with E-state index in [2.05, 4.69) is 72.8 Å². The van der Waals surface area contributed by atoms with Crippen LogP contribution in [0.1, 0.15) is 60.5 Å². The summed E-state index contributed by atoms with van der Waals surface area (Å²) in [6, 6.07) is 4.58. The van der Waals surface area contributed by atoms with Gasteiger partial charge in [-0.25, -0.2) is 0 Å². The van der Waals surface area contributed by atoms with Gasteiger partial charge in [0.15, 0.2) is 0 Å². The van der Waals surface area contributed by atoms with Gasteiger partial charge in [-0.2, -0.15) is 0 Å². The summed E-state index contributed by atoms with van der Waals surface area (Å²) in [5.74, 6) is 0. The van der Waals surface area contributed by atoms with Crippen LogP contribution >= 0.6 is 0 Å². The zero-order valence-electron chi connectivity index (χ0n) is 15.6. The Kier molecular flexibility index (Phi) is 7.34. The van der Waals surface area contributed by atoms with Crippen LogP contribution in [0.3, 0.4) is 0 Å². The van der Waals surface area contributed by atoms with Gasteiger partial charge in [-0.1, -0.05) is 0 Å². The standard InChI is InChI=1S/C11H11.C10H15.2BrH.Zr/c1-8-6-7-9(2)11-5-3-4-10(8)11;1-7-6-10(4,5)9(3)8(7)2;;;/h3-7H,1-2H3;1-5H3;2*1H;/q;;;;+2/p-2. The van der Waals surface area contributed by atoms with E-state index >= 15 is 0 Å². The molecule has 2 aliphatic rings. The number of allylic oxidation sites excluding steroid dienone is 5. The van der Waals surface area contributed by atoms with E-state index in [4.69, 9.17) is 0 Å². The maximum absolute atomic E-state index is 2.50. The zero-order valence-corrected chi connectivity index (χ0v) is 21.3. The topological polar surface area (TPSA) is 0 Å². The van der Waals surface area contributed by atoms with Gasteiger partial charge in [-0.05, 0) is 0 Å². The summed E-state index contributed by atoms with van der Waals surface area (Å²) < 4.78 is 2.51. The van der Waals surface area contributed by atoms with E-state index in [1.807, 2.05) is 0 Å². The Morgan fingerprint density at radius 3 is 2.00 bits per heavy atom. The number of hydrogen-bond acceptors (Lipinski definition) is 0. The second kappa shape index (κ2) is 7.89. The van der Waals surface area contributed by atoms with Crippen LogP contribution in [-0.2, 0) is 23.2 Å². The zero-order chi connectivity index (χ0) is 16.2. The van der Waals surface area contributed by atoms with Gasteiger partial charge < -0.3 is 34.0 Å². The molecule has 0 radical (unpaired) electrons. The summed E-state index contributed by atoms with van der Waals surface area (Å²) in [5, 5.41) is 0. The summed E-state index contributed by atoms with van der Waals surface area (Å²) in [5.41, 5.74) is 11.1. The van der Waals surface area contributed by atoms with Crippen LogP contribution in [0.15, 0.2) is 38.2 Å². The first-order chi connectivity index (χ1) is 10.2. The summed E-state index contributed by atoms with van der Waals surface area (Å²) >= 11 is -0.682. The summed E-state index contributed by atoms with van der Waals surface area (Å²) in [7, 11) is 0. The second-order valence-corrected chi connectivity index (χ2v) is 10.9. The average Bonchev–Trinajstić information content (AvgIpc) is 2.95. The third kappa shape index (κ3) is 3.43. The van der Waals surface area contributed by atoms with Crippen molar-refractivity contribution in [1.29, 1.82) is 0 Å². The minimum absolute atomic E-state index is 0. The molecule has 2 aliphatic carbocycles. The van der Waals surface area contributed by atoms with Crippen LogP contribution in [0.25, 0.3) is 6.08 Å². The molecule has 0 aromatic heterocycles. The first-order valence-corrected chi connectivity index (χ1v) is 10.8. The molecule has 1 unspecified atom stereocenters. The van der Waals surface area contributed by atoms with Gasteiger partial charge in [0.25, 0.3) is 0 Å². The second-order valence-electron chi connectivity index (χ2n) is 7.38. The predicted octanol–water partition coefficient (Wildman–Crippen LogP) is 0.112. The molecule has 0 saturated heterocycles. The molecule has 0 heterocycles. The molecule has 1 aromatic carbocycles. The van der Waals surface area contributed by atoms with Crippen LogP contribution in [0.2, 0.25) is 0 Å². The van der Waals surface area contributed by atoms with Crippen molar-refractivity contribution in [3.63, 3.8) is 0 Å². The van der Waals surface area contributed by atoms with E-state index in [-0.39, 0.29) is 39.4 Å². The van der Waals surface area contributed by atoms with E-state index in [9.17, 15) is 0 Å². The van der Waals surface area contributed by atoms with Crippen LogP contribution in [0, 0.1) is 19.3 Å². The fraction of sp³-hybridized carbons (Fsp3) is 0.429. The smallest absolute Gasteiger partial charge is 1.00 e. The molecule has 1 atom stereocenters. The van der Waals surface area contributed by atoms with Gasteiger partial charge in [0.2, 0.25) is 0 Å². The van der Waals surface area contributed by atoms with Crippen LogP contribution in [-0.4, -0.2) is 0 Å². The molecule has 0 aliphatic heterocycles. The number of benzene rings is 1. The molecule has 0 saturated carbocycles. The number of hydrogen-bond donors (Lipinski definition) is 0. The Labute approximate surface area is 180 Å². The molecule has 0 fully saturated rings. The van der Waals surface area contributed by atoms with E-state index < -0.39 is 23.2 Å². The van der Waals surface area contributed by atoms with Crippen LogP contribution in [0.5, 0.6) is 0 Å².